The van der Waals surface area contributed by atoms with Crippen molar-refractivity contribution in [3.05, 3.63) is 22.7 Å². The summed E-state index contributed by atoms with van der Waals surface area (Å²) in [5.41, 5.74) is -0.127. The molecule has 2 N–H and O–H groups in total. The van der Waals surface area contributed by atoms with Gasteiger partial charge in [-0.3, -0.25) is 4.79 Å². The van der Waals surface area contributed by atoms with E-state index < -0.39 is 0 Å². The summed E-state index contributed by atoms with van der Waals surface area (Å²) in [6.07, 6.45) is 1.62. The third-order valence-corrected chi connectivity index (χ3v) is 4.29. The van der Waals surface area contributed by atoms with E-state index in [1.165, 1.54) is 6.20 Å². The van der Waals surface area contributed by atoms with Gasteiger partial charge < -0.3 is 10.4 Å². The molecule has 0 aromatic carbocycles. The number of carbonyl (C=O) groups is 1. The molecule has 0 spiro atoms. The molecule has 1 aliphatic carbocycles. The Bertz CT molecular complexity index is 531. The summed E-state index contributed by atoms with van der Waals surface area (Å²) in [5, 5.41) is 12.8. The van der Waals surface area contributed by atoms with Gasteiger partial charge in [-0.05, 0) is 6.42 Å². The van der Waals surface area contributed by atoms with Crippen LogP contribution in [0.25, 0.3) is 0 Å². The van der Waals surface area contributed by atoms with Crippen LogP contribution in [0, 0.1) is 5.41 Å². The Morgan fingerprint density at radius 1 is 1.55 bits per heavy atom. The van der Waals surface area contributed by atoms with E-state index in [1.807, 2.05) is 27.7 Å². The first kappa shape index (κ1) is 15.2. The maximum Gasteiger partial charge on any atom is 0.271 e. The number of aliphatic hydroxyl groups excluding tert-OH is 1. The van der Waals surface area contributed by atoms with Crippen molar-refractivity contribution >= 4 is 17.5 Å². The van der Waals surface area contributed by atoms with E-state index in [-0.39, 0.29) is 40.1 Å². The molecule has 0 saturated heterocycles. The Morgan fingerprint density at radius 2 is 2.20 bits per heavy atom. The van der Waals surface area contributed by atoms with E-state index in [1.54, 1.807) is 0 Å². The highest BCUT2D eigenvalue weighted by molar-refractivity contribution is 6.33. The molecule has 2 atom stereocenters. The minimum Gasteiger partial charge on any atom is -0.392 e. The molecular formula is C14H20ClN3O2. The molecule has 1 aliphatic rings. The normalized spacial score (nSPS) is 24.4. The SMILES string of the molecule is CC(C)c1ncc(Cl)c(C(=O)NC2CC(O)C2(C)C)n1. The number of rotatable bonds is 3. The van der Waals surface area contributed by atoms with Crippen molar-refractivity contribution in [2.24, 2.45) is 5.41 Å². The summed E-state index contributed by atoms with van der Waals surface area (Å²) >= 11 is 6.00. The van der Waals surface area contributed by atoms with Crippen LogP contribution in [0.4, 0.5) is 0 Å². The number of nitrogens with one attached hydrogen (secondary N) is 1. The van der Waals surface area contributed by atoms with E-state index in [0.717, 1.165) is 0 Å². The molecule has 2 unspecified atom stereocenters. The highest BCUT2D eigenvalue weighted by Gasteiger charge is 2.48. The lowest BCUT2D eigenvalue weighted by molar-refractivity contribution is -0.0690. The Balaban J connectivity index is 2.16. The molecule has 0 aliphatic heterocycles. The number of aromatic nitrogens is 2. The van der Waals surface area contributed by atoms with Crippen molar-refractivity contribution in [3.63, 3.8) is 0 Å². The fraction of sp³-hybridized carbons (Fsp3) is 0.643. The van der Waals surface area contributed by atoms with Gasteiger partial charge in [0.15, 0.2) is 0 Å². The zero-order valence-corrected chi connectivity index (χ0v) is 12.9. The molecule has 0 bridgehead atoms. The predicted octanol–water partition coefficient (Wildman–Crippen LogP) is 2.14. The molecule has 6 heteroatoms. The second-order valence-corrected chi connectivity index (χ2v) is 6.59. The Kier molecular flexibility index (Phi) is 4.02. The second kappa shape index (κ2) is 5.30. The van der Waals surface area contributed by atoms with Gasteiger partial charge in [0, 0.05) is 17.4 Å². The molecule has 1 heterocycles. The first-order chi connectivity index (χ1) is 9.23. The molecule has 1 fully saturated rings. The minimum absolute atomic E-state index is 0.0708. The molecule has 1 aromatic heterocycles. The van der Waals surface area contributed by atoms with Crippen LogP contribution in [-0.4, -0.2) is 33.1 Å². The highest BCUT2D eigenvalue weighted by Crippen LogP contribution is 2.40. The highest BCUT2D eigenvalue weighted by atomic mass is 35.5. The Labute approximate surface area is 123 Å². The van der Waals surface area contributed by atoms with Gasteiger partial charge in [-0.25, -0.2) is 9.97 Å². The van der Waals surface area contributed by atoms with Crippen molar-refractivity contribution in [1.82, 2.24) is 15.3 Å². The monoisotopic (exact) mass is 297 g/mol. The lowest BCUT2D eigenvalue weighted by Crippen LogP contribution is -2.61. The van der Waals surface area contributed by atoms with E-state index in [2.05, 4.69) is 15.3 Å². The third-order valence-electron chi connectivity index (χ3n) is 4.02. The molecule has 1 saturated carbocycles. The summed E-state index contributed by atoms with van der Waals surface area (Å²) in [7, 11) is 0. The predicted molar refractivity (Wildman–Crippen MR) is 76.8 cm³/mol. The van der Waals surface area contributed by atoms with Crippen LogP contribution in [0.5, 0.6) is 0 Å². The van der Waals surface area contributed by atoms with Crippen LogP contribution < -0.4 is 5.32 Å². The van der Waals surface area contributed by atoms with E-state index in [9.17, 15) is 9.90 Å². The van der Waals surface area contributed by atoms with Crippen molar-refractivity contribution in [3.8, 4) is 0 Å². The zero-order valence-electron chi connectivity index (χ0n) is 12.1. The Morgan fingerprint density at radius 3 is 2.70 bits per heavy atom. The molecule has 0 radical (unpaired) electrons. The average molecular weight is 298 g/mol. The van der Waals surface area contributed by atoms with Gasteiger partial charge in [0.2, 0.25) is 0 Å². The number of hydrogen-bond donors (Lipinski definition) is 2. The largest absolute Gasteiger partial charge is 0.392 e. The van der Waals surface area contributed by atoms with Gasteiger partial charge in [-0.15, -0.1) is 0 Å². The van der Waals surface area contributed by atoms with Crippen molar-refractivity contribution in [1.29, 1.82) is 0 Å². The fourth-order valence-corrected chi connectivity index (χ4v) is 2.37. The van der Waals surface area contributed by atoms with Crippen LogP contribution in [0.3, 0.4) is 0 Å². The number of hydrogen-bond acceptors (Lipinski definition) is 4. The summed E-state index contributed by atoms with van der Waals surface area (Å²) in [6, 6.07) is -0.0708. The van der Waals surface area contributed by atoms with Gasteiger partial charge in [0.25, 0.3) is 5.91 Å². The second-order valence-electron chi connectivity index (χ2n) is 6.18. The molecular weight excluding hydrogens is 278 g/mol. The fourth-order valence-electron chi connectivity index (χ4n) is 2.19. The van der Waals surface area contributed by atoms with Crippen molar-refractivity contribution in [2.45, 2.75) is 52.2 Å². The topological polar surface area (TPSA) is 75.1 Å². The third kappa shape index (κ3) is 2.65. The molecule has 2 rings (SSSR count). The first-order valence-corrected chi connectivity index (χ1v) is 7.12. The molecule has 20 heavy (non-hydrogen) atoms. The van der Waals surface area contributed by atoms with Crippen LogP contribution in [0.2, 0.25) is 5.02 Å². The van der Waals surface area contributed by atoms with Gasteiger partial charge in [0.1, 0.15) is 11.5 Å². The van der Waals surface area contributed by atoms with Crippen LogP contribution >= 0.6 is 11.6 Å². The number of halogens is 1. The average Bonchev–Trinajstić information content (AvgIpc) is 2.38. The lowest BCUT2D eigenvalue weighted by atomic mass is 9.64. The molecule has 110 valence electrons. The number of nitrogens with zero attached hydrogens (tertiary/aromatic N) is 2. The van der Waals surface area contributed by atoms with E-state index in [4.69, 9.17) is 11.6 Å². The maximum atomic E-state index is 12.3. The van der Waals surface area contributed by atoms with Gasteiger partial charge in [-0.2, -0.15) is 0 Å². The van der Waals surface area contributed by atoms with Gasteiger partial charge in [0.05, 0.1) is 17.3 Å². The first-order valence-electron chi connectivity index (χ1n) is 6.74. The quantitative estimate of drug-likeness (QED) is 0.896. The van der Waals surface area contributed by atoms with Crippen molar-refractivity contribution in [2.75, 3.05) is 0 Å². The molecule has 1 amide bonds. The standard InChI is InChI=1S/C14H20ClN3O2/c1-7(2)12-16-6-8(15)11(18-12)13(20)17-9-5-10(19)14(9,3)4/h6-7,9-10,19H,5H2,1-4H3,(H,17,20). The lowest BCUT2D eigenvalue weighted by Gasteiger charge is -2.49. The maximum absolute atomic E-state index is 12.3. The van der Waals surface area contributed by atoms with E-state index in [0.29, 0.717) is 12.2 Å². The van der Waals surface area contributed by atoms with Crippen molar-refractivity contribution < 1.29 is 9.90 Å². The minimum atomic E-state index is -0.389. The summed E-state index contributed by atoms with van der Waals surface area (Å²) in [5.74, 6) is 0.400. The summed E-state index contributed by atoms with van der Waals surface area (Å²) in [4.78, 5) is 20.6. The number of amides is 1. The van der Waals surface area contributed by atoms with Gasteiger partial charge >= 0.3 is 0 Å². The molecule has 1 aromatic rings. The zero-order chi connectivity index (χ0) is 15.1. The number of carbonyl (C=O) groups excluding carboxylic acids is 1. The summed E-state index contributed by atoms with van der Waals surface area (Å²) < 4.78 is 0. The summed E-state index contributed by atoms with van der Waals surface area (Å²) in [6.45, 7) is 7.76. The van der Waals surface area contributed by atoms with Gasteiger partial charge in [-0.1, -0.05) is 39.3 Å². The van der Waals surface area contributed by atoms with Crippen LogP contribution in [-0.2, 0) is 0 Å². The molecule has 5 nitrogen and oxygen atoms in total. The van der Waals surface area contributed by atoms with E-state index >= 15 is 0 Å². The smallest absolute Gasteiger partial charge is 0.271 e. The Hall–Kier alpha value is -1.20. The van der Waals surface area contributed by atoms with Crippen LogP contribution in [0.15, 0.2) is 6.20 Å². The van der Waals surface area contributed by atoms with Crippen LogP contribution in [0.1, 0.15) is 56.3 Å². The number of aliphatic hydroxyl groups is 1.